The summed E-state index contributed by atoms with van der Waals surface area (Å²) < 4.78 is 0. The number of carboxylic acids is 1. The van der Waals surface area contributed by atoms with Crippen LogP contribution in [0, 0.1) is 0 Å². The van der Waals surface area contributed by atoms with Gasteiger partial charge < -0.3 is 15.7 Å². The lowest BCUT2D eigenvalue weighted by atomic mass is 9.83. The van der Waals surface area contributed by atoms with Crippen LogP contribution in [-0.2, 0) is 4.79 Å². The van der Waals surface area contributed by atoms with Crippen molar-refractivity contribution in [3.05, 3.63) is 0 Å². The number of hydrogen-bond donors (Lipinski definition) is 3. The number of hydrogen-bond acceptors (Lipinski definition) is 2. The van der Waals surface area contributed by atoms with Crippen LogP contribution >= 0.6 is 0 Å². The number of rotatable bonds is 3. The third kappa shape index (κ3) is 3.72. The summed E-state index contributed by atoms with van der Waals surface area (Å²) in [6.07, 6.45) is 5.37. The van der Waals surface area contributed by atoms with E-state index in [0.29, 0.717) is 0 Å². The third-order valence-electron chi connectivity index (χ3n) is 3.09. The van der Waals surface area contributed by atoms with E-state index in [0.717, 1.165) is 25.7 Å². The van der Waals surface area contributed by atoms with Crippen molar-refractivity contribution in [1.82, 2.24) is 10.6 Å². The van der Waals surface area contributed by atoms with Crippen LogP contribution in [0.3, 0.4) is 0 Å². The monoisotopic (exact) mass is 228 g/mol. The fourth-order valence-electron chi connectivity index (χ4n) is 2.03. The van der Waals surface area contributed by atoms with E-state index in [2.05, 4.69) is 10.6 Å². The molecule has 2 amide bonds. The summed E-state index contributed by atoms with van der Waals surface area (Å²) in [6.45, 7) is 3.46. The van der Waals surface area contributed by atoms with Gasteiger partial charge in [-0.25, -0.2) is 4.79 Å². The van der Waals surface area contributed by atoms with E-state index in [1.165, 1.54) is 13.3 Å². The van der Waals surface area contributed by atoms with Crippen LogP contribution in [0.2, 0.25) is 0 Å². The van der Waals surface area contributed by atoms with Gasteiger partial charge in [0.25, 0.3) is 0 Å². The largest absolute Gasteiger partial charge is 0.480 e. The van der Waals surface area contributed by atoms with Gasteiger partial charge in [-0.15, -0.1) is 0 Å². The van der Waals surface area contributed by atoms with Crippen molar-refractivity contribution in [3.8, 4) is 0 Å². The molecule has 92 valence electrons. The van der Waals surface area contributed by atoms with Crippen LogP contribution in [0.15, 0.2) is 0 Å². The van der Waals surface area contributed by atoms with E-state index < -0.39 is 12.0 Å². The van der Waals surface area contributed by atoms with Crippen molar-refractivity contribution in [2.45, 2.75) is 57.5 Å². The highest BCUT2D eigenvalue weighted by Crippen LogP contribution is 2.27. The molecule has 0 aromatic rings. The predicted molar refractivity (Wildman–Crippen MR) is 60.3 cm³/mol. The second-order valence-electron chi connectivity index (χ2n) is 4.78. The summed E-state index contributed by atoms with van der Waals surface area (Å²) in [7, 11) is 0. The van der Waals surface area contributed by atoms with Crippen LogP contribution in [-0.4, -0.2) is 28.7 Å². The van der Waals surface area contributed by atoms with Crippen LogP contribution in [0.4, 0.5) is 4.79 Å². The molecule has 0 aliphatic heterocycles. The second-order valence-corrected chi connectivity index (χ2v) is 4.78. The summed E-state index contributed by atoms with van der Waals surface area (Å²) >= 11 is 0. The molecule has 0 spiro atoms. The van der Waals surface area contributed by atoms with E-state index >= 15 is 0 Å². The van der Waals surface area contributed by atoms with Crippen molar-refractivity contribution in [3.63, 3.8) is 0 Å². The van der Waals surface area contributed by atoms with Gasteiger partial charge >= 0.3 is 12.0 Å². The van der Waals surface area contributed by atoms with Crippen molar-refractivity contribution in [1.29, 1.82) is 0 Å². The molecule has 0 aromatic heterocycles. The Morgan fingerprint density at radius 1 is 1.25 bits per heavy atom. The molecule has 0 unspecified atom stereocenters. The SMILES string of the molecule is C[C@H](NC(=O)NC1(C)CCCCC1)C(=O)O. The zero-order valence-electron chi connectivity index (χ0n) is 9.88. The Hall–Kier alpha value is -1.26. The van der Waals surface area contributed by atoms with E-state index in [-0.39, 0.29) is 11.6 Å². The third-order valence-corrected chi connectivity index (χ3v) is 3.09. The number of amides is 2. The molecule has 1 aliphatic carbocycles. The summed E-state index contributed by atoms with van der Waals surface area (Å²) in [5.74, 6) is -1.02. The van der Waals surface area contributed by atoms with Gasteiger partial charge in [0.15, 0.2) is 0 Å². The molecule has 0 bridgehead atoms. The van der Waals surface area contributed by atoms with Crippen molar-refractivity contribution >= 4 is 12.0 Å². The smallest absolute Gasteiger partial charge is 0.325 e. The highest BCUT2D eigenvalue weighted by molar-refractivity contribution is 5.82. The maximum Gasteiger partial charge on any atom is 0.325 e. The molecule has 16 heavy (non-hydrogen) atoms. The Bertz CT molecular complexity index is 272. The van der Waals surface area contributed by atoms with Crippen LogP contribution in [0.25, 0.3) is 0 Å². The Kier molecular flexibility index (Phi) is 4.15. The van der Waals surface area contributed by atoms with E-state index in [1.54, 1.807) is 0 Å². The van der Waals surface area contributed by atoms with E-state index in [9.17, 15) is 9.59 Å². The van der Waals surface area contributed by atoms with Gasteiger partial charge in [0.05, 0.1) is 0 Å². The van der Waals surface area contributed by atoms with Crippen LogP contribution in [0.5, 0.6) is 0 Å². The molecule has 0 aromatic carbocycles. The molecule has 5 heteroatoms. The number of aliphatic carboxylic acids is 1. The van der Waals surface area contributed by atoms with Gasteiger partial charge in [-0.1, -0.05) is 19.3 Å². The van der Waals surface area contributed by atoms with E-state index in [1.807, 2.05) is 6.92 Å². The maximum atomic E-state index is 11.5. The van der Waals surface area contributed by atoms with Gasteiger partial charge in [-0.05, 0) is 26.7 Å². The Balaban J connectivity index is 2.41. The Labute approximate surface area is 95.6 Å². The molecule has 0 heterocycles. The lowest BCUT2D eigenvalue weighted by Crippen LogP contribution is -2.53. The molecule has 0 saturated heterocycles. The first kappa shape index (κ1) is 12.8. The van der Waals surface area contributed by atoms with Crippen LogP contribution in [0.1, 0.15) is 46.0 Å². The molecule has 3 N–H and O–H groups in total. The molecule has 1 rings (SSSR count). The standard InChI is InChI=1S/C11H20N2O3/c1-8(9(14)15)12-10(16)13-11(2)6-4-3-5-7-11/h8H,3-7H2,1-2H3,(H,14,15)(H2,12,13,16)/t8-/m0/s1. The van der Waals surface area contributed by atoms with Crippen molar-refractivity contribution < 1.29 is 14.7 Å². The lowest BCUT2D eigenvalue weighted by molar-refractivity contribution is -0.138. The van der Waals surface area contributed by atoms with Crippen molar-refractivity contribution in [2.24, 2.45) is 0 Å². The number of urea groups is 1. The number of carboxylic acid groups (broad SMARTS) is 1. The predicted octanol–water partition coefficient (Wildman–Crippen LogP) is 1.48. The molecular weight excluding hydrogens is 208 g/mol. The van der Waals surface area contributed by atoms with E-state index in [4.69, 9.17) is 5.11 Å². The normalized spacial score (nSPS) is 20.9. The number of nitrogens with one attached hydrogen (secondary N) is 2. The second kappa shape index (κ2) is 5.18. The summed E-state index contributed by atoms with van der Waals surface area (Å²) in [4.78, 5) is 22.1. The first-order chi connectivity index (χ1) is 7.43. The van der Waals surface area contributed by atoms with Gasteiger partial charge in [-0.3, -0.25) is 4.79 Å². The quantitative estimate of drug-likeness (QED) is 0.684. The molecule has 1 aliphatic rings. The van der Waals surface area contributed by atoms with Gasteiger partial charge in [-0.2, -0.15) is 0 Å². The highest BCUT2D eigenvalue weighted by atomic mass is 16.4. The first-order valence-corrected chi connectivity index (χ1v) is 5.74. The minimum atomic E-state index is -1.02. The maximum absolute atomic E-state index is 11.5. The van der Waals surface area contributed by atoms with Gasteiger partial charge in [0, 0.05) is 5.54 Å². The minimum absolute atomic E-state index is 0.180. The highest BCUT2D eigenvalue weighted by Gasteiger charge is 2.29. The lowest BCUT2D eigenvalue weighted by Gasteiger charge is -2.34. The molecule has 0 radical (unpaired) electrons. The molecular formula is C11H20N2O3. The van der Waals surface area contributed by atoms with Gasteiger partial charge in [0.1, 0.15) is 6.04 Å². The average Bonchev–Trinajstić information content (AvgIpc) is 2.17. The summed E-state index contributed by atoms with van der Waals surface area (Å²) in [6, 6.07) is -1.24. The fraction of sp³-hybridized carbons (Fsp3) is 0.818. The Morgan fingerprint density at radius 2 is 1.81 bits per heavy atom. The Morgan fingerprint density at radius 3 is 2.31 bits per heavy atom. The molecule has 1 saturated carbocycles. The zero-order chi connectivity index (χ0) is 12.2. The minimum Gasteiger partial charge on any atom is -0.480 e. The van der Waals surface area contributed by atoms with Crippen molar-refractivity contribution in [2.75, 3.05) is 0 Å². The number of carbonyl (C=O) groups excluding carboxylic acids is 1. The first-order valence-electron chi connectivity index (χ1n) is 5.74. The average molecular weight is 228 g/mol. The molecule has 1 fully saturated rings. The van der Waals surface area contributed by atoms with Gasteiger partial charge in [0.2, 0.25) is 0 Å². The summed E-state index contributed by atoms with van der Waals surface area (Å²) in [5, 5.41) is 13.9. The molecule has 5 nitrogen and oxygen atoms in total. The zero-order valence-corrected chi connectivity index (χ0v) is 9.88. The summed E-state index contributed by atoms with van der Waals surface area (Å²) in [5.41, 5.74) is -0.180. The molecule has 1 atom stereocenters. The van der Waals surface area contributed by atoms with Crippen LogP contribution < -0.4 is 10.6 Å². The topological polar surface area (TPSA) is 78.4 Å². The number of carbonyl (C=O) groups is 2. The fourth-order valence-corrected chi connectivity index (χ4v) is 2.03.